The molecule has 5 heteroatoms. The van der Waals surface area contributed by atoms with Crippen LogP contribution in [0.25, 0.3) is 0 Å². The smallest absolute Gasteiger partial charge is 0.265 e. The second kappa shape index (κ2) is 5.57. The molecule has 2 fully saturated rings. The summed E-state index contributed by atoms with van der Waals surface area (Å²) < 4.78 is 31.6. The van der Waals surface area contributed by atoms with Crippen LogP contribution in [0, 0.1) is 5.92 Å². The molecule has 1 saturated carbocycles. The number of hydrogen-bond donors (Lipinski definition) is 2. The van der Waals surface area contributed by atoms with Gasteiger partial charge < -0.3 is 5.32 Å². The number of fused-ring (bicyclic) bond motifs is 1. The molecule has 2 bridgehead atoms. The molecular formula is C18H25NO3S. The van der Waals surface area contributed by atoms with Crippen LogP contribution in [-0.2, 0) is 28.4 Å². The lowest BCUT2D eigenvalue weighted by molar-refractivity contribution is 0.0790. The third kappa shape index (κ3) is 2.63. The van der Waals surface area contributed by atoms with Gasteiger partial charge in [-0.2, -0.15) is 8.42 Å². The van der Waals surface area contributed by atoms with Crippen LogP contribution in [0.2, 0.25) is 0 Å². The van der Waals surface area contributed by atoms with Gasteiger partial charge in [0.05, 0.1) is 5.75 Å². The number of piperidine rings is 1. The summed E-state index contributed by atoms with van der Waals surface area (Å²) in [4.78, 5) is 0. The fraction of sp³-hybridized carbons (Fsp3) is 0.667. The van der Waals surface area contributed by atoms with E-state index in [9.17, 15) is 8.42 Å². The van der Waals surface area contributed by atoms with Crippen LogP contribution in [0.4, 0.5) is 0 Å². The number of aryl methyl sites for hydroxylation is 1. The summed E-state index contributed by atoms with van der Waals surface area (Å²) >= 11 is 0. The highest BCUT2D eigenvalue weighted by atomic mass is 32.2. The van der Waals surface area contributed by atoms with E-state index in [-0.39, 0.29) is 11.2 Å². The molecule has 23 heavy (non-hydrogen) atoms. The van der Waals surface area contributed by atoms with Crippen molar-refractivity contribution in [1.29, 1.82) is 0 Å². The second-order valence-electron chi connectivity index (χ2n) is 7.51. The van der Waals surface area contributed by atoms with Crippen LogP contribution in [0.3, 0.4) is 0 Å². The van der Waals surface area contributed by atoms with Crippen molar-refractivity contribution >= 4 is 10.1 Å². The van der Waals surface area contributed by atoms with Crippen molar-refractivity contribution in [3.8, 4) is 0 Å². The van der Waals surface area contributed by atoms with Crippen LogP contribution in [0.15, 0.2) is 18.2 Å². The highest BCUT2D eigenvalue weighted by Crippen LogP contribution is 2.54. The maximum absolute atomic E-state index is 11.2. The van der Waals surface area contributed by atoms with Gasteiger partial charge in [-0.25, -0.2) is 0 Å². The predicted molar refractivity (Wildman–Crippen MR) is 90.3 cm³/mol. The molecule has 126 valence electrons. The van der Waals surface area contributed by atoms with E-state index < -0.39 is 10.1 Å². The molecule has 3 aliphatic rings. The quantitative estimate of drug-likeness (QED) is 0.833. The highest BCUT2D eigenvalue weighted by Gasteiger charge is 2.52. The monoisotopic (exact) mass is 335 g/mol. The third-order valence-electron chi connectivity index (χ3n) is 6.37. The molecule has 0 spiro atoms. The van der Waals surface area contributed by atoms with Crippen molar-refractivity contribution < 1.29 is 13.0 Å². The van der Waals surface area contributed by atoms with Gasteiger partial charge in [0.2, 0.25) is 0 Å². The SMILES string of the molecule is O=S(=O)(O)CCc1cccc2c1[C@@]13CCCC[C@H]1[C@@H](C2)NCC3. The third-order valence-corrected chi connectivity index (χ3v) is 7.09. The van der Waals surface area contributed by atoms with E-state index >= 15 is 0 Å². The number of benzene rings is 1. The molecular weight excluding hydrogens is 310 g/mol. The standard InChI is InChI=1S/C18H25NO3S/c20-23(21,22)11-7-13-4-3-5-14-12-16-15-6-1-2-8-18(15,17(13)14)9-10-19-16/h3-5,15-16,19H,1-2,6-12H2,(H,20,21,22)/t15-,16+,18+/m0/s1. The second-order valence-corrected chi connectivity index (χ2v) is 9.08. The molecule has 0 radical (unpaired) electrons. The normalized spacial score (nSPS) is 32.9. The molecule has 0 amide bonds. The van der Waals surface area contributed by atoms with Crippen molar-refractivity contribution in [2.75, 3.05) is 12.3 Å². The van der Waals surface area contributed by atoms with E-state index in [1.165, 1.54) is 36.8 Å². The maximum Gasteiger partial charge on any atom is 0.265 e. The Morgan fingerprint density at radius 2 is 2.13 bits per heavy atom. The topological polar surface area (TPSA) is 66.4 Å². The number of rotatable bonds is 3. The first-order chi connectivity index (χ1) is 11.0. The lowest BCUT2D eigenvalue weighted by atomic mass is 9.52. The Hall–Kier alpha value is -0.910. The Bertz CT molecular complexity index is 711. The first-order valence-corrected chi connectivity index (χ1v) is 10.4. The van der Waals surface area contributed by atoms with Gasteiger partial charge in [-0.3, -0.25) is 4.55 Å². The zero-order valence-electron chi connectivity index (χ0n) is 13.4. The largest absolute Gasteiger partial charge is 0.313 e. The Morgan fingerprint density at radius 1 is 1.26 bits per heavy atom. The van der Waals surface area contributed by atoms with E-state index in [0.717, 1.165) is 24.9 Å². The van der Waals surface area contributed by atoms with E-state index in [0.29, 0.717) is 18.4 Å². The van der Waals surface area contributed by atoms with E-state index in [1.54, 1.807) is 0 Å². The molecule has 2 aliphatic carbocycles. The van der Waals surface area contributed by atoms with Gasteiger partial charge in [-0.05, 0) is 61.3 Å². The molecule has 1 aromatic carbocycles. The maximum atomic E-state index is 11.2. The van der Waals surface area contributed by atoms with Crippen molar-refractivity contribution in [1.82, 2.24) is 5.32 Å². The van der Waals surface area contributed by atoms with Gasteiger partial charge >= 0.3 is 0 Å². The fourth-order valence-corrected chi connectivity index (χ4v) is 6.06. The minimum atomic E-state index is -3.91. The summed E-state index contributed by atoms with van der Waals surface area (Å²) in [5.41, 5.74) is 4.21. The Balaban J connectivity index is 1.80. The summed E-state index contributed by atoms with van der Waals surface area (Å²) in [5, 5.41) is 3.73. The highest BCUT2D eigenvalue weighted by molar-refractivity contribution is 7.85. The Labute approximate surface area is 138 Å². The van der Waals surface area contributed by atoms with Crippen LogP contribution < -0.4 is 5.32 Å². The molecule has 0 unspecified atom stereocenters. The van der Waals surface area contributed by atoms with Crippen LogP contribution in [0.5, 0.6) is 0 Å². The molecule has 2 N–H and O–H groups in total. The molecule has 1 heterocycles. The zero-order chi connectivity index (χ0) is 16.1. The zero-order valence-corrected chi connectivity index (χ0v) is 14.2. The first-order valence-electron chi connectivity index (χ1n) is 8.79. The van der Waals surface area contributed by atoms with Crippen molar-refractivity contribution in [3.05, 3.63) is 34.9 Å². The number of nitrogens with one attached hydrogen (secondary N) is 1. The van der Waals surface area contributed by atoms with E-state index in [4.69, 9.17) is 4.55 Å². The van der Waals surface area contributed by atoms with Gasteiger partial charge in [0.25, 0.3) is 10.1 Å². The van der Waals surface area contributed by atoms with E-state index in [2.05, 4.69) is 17.4 Å². The van der Waals surface area contributed by atoms with Gasteiger partial charge in [0.15, 0.2) is 0 Å². The summed E-state index contributed by atoms with van der Waals surface area (Å²) in [6.07, 6.45) is 7.73. The Morgan fingerprint density at radius 3 is 2.96 bits per heavy atom. The molecule has 1 aliphatic heterocycles. The minimum absolute atomic E-state index is 0.175. The average molecular weight is 335 g/mol. The summed E-state index contributed by atoms with van der Waals surface area (Å²) in [6, 6.07) is 6.92. The van der Waals surface area contributed by atoms with Crippen molar-refractivity contribution in [3.63, 3.8) is 0 Å². The molecule has 4 nitrogen and oxygen atoms in total. The lowest BCUT2D eigenvalue weighted by Crippen LogP contribution is -2.59. The van der Waals surface area contributed by atoms with E-state index in [1.807, 2.05) is 6.07 Å². The van der Waals surface area contributed by atoms with Crippen LogP contribution in [-0.4, -0.2) is 31.3 Å². The molecule has 0 aromatic heterocycles. The number of hydrogen-bond acceptors (Lipinski definition) is 3. The van der Waals surface area contributed by atoms with Gasteiger partial charge in [-0.1, -0.05) is 31.0 Å². The molecule has 3 atom stereocenters. The first kappa shape index (κ1) is 15.6. The van der Waals surface area contributed by atoms with Gasteiger partial charge in [0, 0.05) is 11.5 Å². The molecule has 1 aromatic rings. The van der Waals surface area contributed by atoms with Crippen LogP contribution in [0.1, 0.15) is 48.8 Å². The molecule has 1 saturated heterocycles. The lowest BCUT2D eigenvalue weighted by Gasteiger charge is -2.56. The van der Waals surface area contributed by atoms with Gasteiger partial charge in [0.1, 0.15) is 0 Å². The summed E-state index contributed by atoms with van der Waals surface area (Å²) in [7, 11) is -3.91. The average Bonchev–Trinajstić information content (AvgIpc) is 2.51. The summed E-state index contributed by atoms with van der Waals surface area (Å²) in [6.45, 7) is 1.06. The minimum Gasteiger partial charge on any atom is -0.313 e. The van der Waals surface area contributed by atoms with Crippen molar-refractivity contribution in [2.45, 2.75) is 56.4 Å². The summed E-state index contributed by atoms with van der Waals surface area (Å²) in [5.74, 6) is 0.510. The van der Waals surface area contributed by atoms with Crippen molar-refractivity contribution in [2.24, 2.45) is 5.92 Å². The fourth-order valence-electron chi connectivity index (χ4n) is 5.58. The van der Waals surface area contributed by atoms with Gasteiger partial charge in [-0.15, -0.1) is 0 Å². The predicted octanol–water partition coefficient (Wildman–Crippen LogP) is 2.46. The Kier molecular flexibility index (Phi) is 3.78. The van der Waals surface area contributed by atoms with Crippen LogP contribution >= 0.6 is 0 Å². The molecule has 4 rings (SSSR count).